The molecular weight excluding hydrogens is 348 g/mol. The van der Waals surface area contributed by atoms with Gasteiger partial charge in [-0.2, -0.15) is 0 Å². The summed E-state index contributed by atoms with van der Waals surface area (Å²) >= 11 is 0. The minimum Gasteiger partial charge on any atom is -0.420 e. The maximum absolute atomic E-state index is 6.53. The molecule has 22 heavy (non-hydrogen) atoms. The maximum atomic E-state index is 6.53. The van der Waals surface area contributed by atoms with Gasteiger partial charge in [-0.3, -0.25) is 0 Å². The first-order valence-electron chi connectivity index (χ1n) is 8.58. The largest absolute Gasteiger partial charge is 0.420 e. The van der Waals surface area contributed by atoms with Gasteiger partial charge in [0, 0.05) is 0 Å². The molecule has 0 aliphatic carbocycles. The minimum absolute atomic E-state index is 0.181. The summed E-state index contributed by atoms with van der Waals surface area (Å²) in [6.07, 6.45) is 0.574. The molecule has 2 unspecified atom stereocenters. The van der Waals surface area contributed by atoms with Crippen molar-refractivity contribution in [2.75, 3.05) is 6.23 Å². The maximum Gasteiger partial charge on any atom is 0.346 e. The predicted molar refractivity (Wildman–Crippen MR) is 99.2 cm³/mol. The van der Waals surface area contributed by atoms with Crippen molar-refractivity contribution < 1.29 is 21.2 Å². The van der Waals surface area contributed by atoms with Crippen molar-refractivity contribution in [2.45, 2.75) is 78.2 Å². The molecule has 0 amide bonds. The van der Waals surface area contributed by atoms with Crippen LogP contribution in [0.2, 0.25) is 24.2 Å². The Bertz CT molecular complexity index is 310. The van der Waals surface area contributed by atoms with Crippen molar-refractivity contribution in [3.63, 3.8) is 0 Å². The minimum atomic E-state index is -2.39. The Morgan fingerprint density at radius 2 is 1.27 bits per heavy atom. The molecule has 2 atom stereocenters. The highest BCUT2D eigenvalue weighted by Crippen LogP contribution is 2.25. The van der Waals surface area contributed by atoms with Gasteiger partial charge in [0.2, 0.25) is 0 Å². The van der Waals surface area contributed by atoms with Gasteiger partial charge in [-0.15, -0.1) is 0 Å². The SMILES string of the molecule is CC[SiH]1O[SiH](CC)O[Si](CC)(COC(C)(C)C)O[SiH](CC)O1. The second-order valence-electron chi connectivity index (χ2n) is 6.69. The van der Waals surface area contributed by atoms with Crippen LogP contribution in [0, 0.1) is 0 Å². The van der Waals surface area contributed by atoms with Crippen LogP contribution in [0.3, 0.4) is 0 Å². The standard InChI is InChI=1S/C13H34O5Si4/c1-8-19-15-20(9-2)17-22(11-4,12-14-13(5,6)7)18-21(10-3)16-19/h19-21H,8-12H2,1-7H3. The Labute approximate surface area is 142 Å². The third-order valence-corrected chi connectivity index (χ3v) is 17.6. The molecule has 0 bridgehead atoms. The second-order valence-corrected chi connectivity index (χ2v) is 18.6. The van der Waals surface area contributed by atoms with Crippen LogP contribution in [0.1, 0.15) is 48.5 Å². The molecule has 0 saturated carbocycles. The first-order valence-corrected chi connectivity index (χ1v) is 16.1. The Balaban J connectivity index is 2.91. The highest BCUT2D eigenvalue weighted by molar-refractivity contribution is 6.82. The zero-order valence-corrected chi connectivity index (χ0v) is 19.8. The zero-order chi connectivity index (χ0) is 16.8. The Morgan fingerprint density at radius 3 is 1.59 bits per heavy atom. The van der Waals surface area contributed by atoms with Gasteiger partial charge in [-0.05, 0) is 44.9 Å². The molecule has 0 radical (unpaired) electrons. The summed E-state index contributed by atoms with van der Waals surface area (Å²) in [6.45, 7) is 14.8. The van der Waals surface area contributed by atoms with E-state index in [-0.39, 0.29) is 5.60 Å². The van der Waals surface area contributed by atoms with E-state index < -0.39 is 36.4 Å². The summed E-state index contributed by atoms with van der Waals surface area (Å²) in [7, 11) is -7.40. The van der Waals surface area contributed by atoms with Crippen LogP contribution in [0.4, 0.5) is 0 Å². The monoisotopic (exact) mass is 382 g/mol. The molecule has 1 aliphatic rings. The Hall–Kier alpha value is 0.668. The molecule has 1 saturated heterocycles. The van der Waals surface area contributed by atoms with Crippen LogP contribution in [0.5, 0.6) is 0 Å². The first-order chi connectivity index (χ1) is 10.3. The lowest BCUT2D eigenvalue weighted by atomic mass is 10.2. The topological polar surface area (TPSA) is 46.2 Å². The molecule has 132 valence electrons. The lowest BCUT2D eigenvalue weighted by Gasteiger charge is -2.41. The highest BCUT2D eigenvalue weighted by Gasteiger charge is 2.45. The molecule has 1 fully saturated rings. The lowest BCUT2D eigenvalue weighted by Crippen LogP contribution is -2.59. The van der Waals surface area contributed by atoms with Crippen LogP contribution in [0.25, 0.3) is 0 Å². The van der Waals surface area contributed by atoms with Crippen molar-refractivity contribution in [2.24, 2.45) is 0 Å². The number of ether oxygens (including phenoxy) is 1. The third-order valence-electron chi connectivity index (χ3n) is 3.56. The number of hydrogen-bond acceptors (Lipinski definition) is 5. The predicted octanol–water partition coefficient (Wildman–Crippen LogP) is 2.60. The molecule has 1 aliphatic heterocycles. The second kappa shape index (κ2) is 9.23. The van der Waals surface area contributed by atoms with Gasteiger partial charge in [-0.1, -0.05) is 27.7 Å². The molecule has 0 aromatic carbocycles. The van der Waals surface area contributed by atoms with Gasteiger partial charge in [0.25, 0.3) is 0 Å². The van der Waals surface area contributed by atoms with Gasteiger partial charge in [0.05, 0.1) is 11.8 Å². The molecular formula is C13H34O5Si4. The van der Waals surface area contributed by atoms with Crippen molar-refractivity contribution >= 4 is 36.4 Å². The van der Waals surface area contributed by atoms with Gasteiger partial charge in [0.15, 0.2) is 0 Å². The Kier molecular flexibility index (Phi) is 8.69. The van der Waals surface area contributed by atoms with E-state index in [1.807, 2.05) is 0 Å². The van der Waals surface area contributed by atoms with E-state index in [0.717, 1.165) is 24.2 Å². The summed E-state index contributed by atoms with van der Waals surface area (Å²) in [5, 5.41) is 0. The van der Waals surface area contributed by atoms with E-state index in [4.69, 9.17) is 21.2 Å². The van der Waals surface area contributed by atoms with E-state index in [0.29, 0.717) is 6.23 Å². The molecule has 9 heteroatoms. The van der Waals surface area contributed by atoms with Gasteiger partial charge in [-0.25, -0.2) is 0 Å². The fourth-order valence-electron chi connectivity index (χ4n) is 2.15. The molecule has 1 heterocycles. The normalized spacial score (nSPS) is 34.2. The molecule has 0 N–H and O–H groups in total. The number of rotatable bonds is 6. The van der Waals surface area contributed by atoms with Crippen LogP contribution in [-0.4, -0.2) is 48.2 Å². The smallest absolute Gasteiger partial charge is 0.346 e. The van der Waals surface area contributed by atoms with E-state index in [1.165, 1.54) is 0 Å². The van der Waals surface area contributed by atoms with Gasteiger partial charge < -0.3 is 21.2 Å². The Morgan fingerprint density at radius 1 is 0.818 bits per heavy atom. The molecule has 0 spiro atoms. The van der Waals surface area contributed by atoms with Crippen LogP contribution in [-0.2, 0) is 21.2 Å². The van der Waals surface area contributed by atoms with Crippen molar-refractivity contribution in [3.8, 4) is 0 Å². The van der Waals surface area contributed by atoms with Crippen LogP contribution >= 0.6 is 0 Å². The van der Waals surface area contributed by atoms with Crippen LogP contribution < -0.4 is 0 Å². The molecule has 5 nitrogen and oxygen atoms in total. The van der Waals surface area contributed by atoms with Gasteiger partial charge in [0.1, 0.15) is 0 Å². The molecule has 1 rings (SSSR count). The quantitative estimate of drug-likeness (QED) is 0.661. The van der Waals surface area contributed by atoms with E-state index in [2.05, 4.69) is 48.5 Å². The average molecular weight is 383 g/mol. The van der Waals surface area contributed by atoms with E-state index >= 15 is 0 Å². The summed E-state index contributed by atoms with van der Waals surface area (Å²) < 4.78 is 31.7. The summed E-state index contributed by atoms with van der Waals surface area (Å²) in [4.78, 5) is 0. The van der Waals surface area contributed by atoms with Gasteiger partial charge >= 0.3 is 36.4 Å². The summed E-state index contributed by atoms with van der Waals surface area (Å²) in [6, 6.07) is 3.79. The van der Waals surface area contributed by atoms with Crippen molar-refractivity contribution in [1.29, 1.82) is 0 Å². The lowest BCUT2D eigenvalue weighted by molar-refractivity contribution is 0.00997. The van der Waals surface area contributed by atoms with Crippen LogP contribution in [0.15, 0.2) is 0 Å². The fraction of sp³-hybridized carbons (Fsp3) is 1.00. The highest BCUT2D eigenvalue weighted by atomic mass is 28.5. The molecule has 0 aromatic heterocycles. The first kappa shape index (κ1) is 20.7. The molecule has 0 aromatic rings. The van der Waals surface area contributed by atoms with E-state index in [1.54, 1.807) is 0 Å². The third kappa shape index (κ3) is 6.65. The number of hydrogen-bond donors (Lipinski definition) is 0. The van der Waals surface area contributed by atoms with E-state index in [9.17, 15) is 0 Å². The zero-order valence-electron chi connectivity index (χ0n) is 15.3. The summed E-state index contributed by atoms with van der Waals surface area (Å²) in [5.74, 6) is 0. The van der Waals surface area contributed by atoms with Crippen molar-refractivity contribution in [1.82, 2.24) is 0 Å². The van der Waals surface area contributed by atoms with Crippen molar-refractivity contribution in [3.05, 3.63) is 0 Å². The summed E-state index contributed by atoms with van der Waals surface area (Å²) in [5.41, 5.74) is -0.181. The fourth-order valence-corrected chi connectivity index (χ4v) is 18.8. The average Bonchev–Trinajstić information content (AvgIpc) is 2.46.